The Morgan fingerprint density at radius 1 is 1.32 bits per heavy atom. The van der Waals surface area contributed by atoms with Gasteiger partial charge in [0.25, 0.3) is 0 Å². The summed E-state index contributed by atoms with van der Waals surface area (Å²) >= 11 is 0. The van der Waals surface area contributed by atoms with Gasteiger partial charge in [0.15, 0.2) is 0 Å². The van der Waals surface area contributed by atoms with E-state index in [1.165, 1.54) is 0 Å². The Hall–Kier alpha value is -2.80. The molecule has 0 spiro atoms. The van der Waals surface area contributed by atoms with Crippen LogP contribution in [-0.4, -0.2) is 12.1 Å². The lowest BCUT2D eigenvalue weighted by Gasteiger charge is -2.23. The number of nitrogens with one attached hydrogen (secondary N) is 1. The Morgan fingerprint density at radius 2 is 2.09 bits per heavy atom. The van der Waals surface area contributed by atoms with Crippen LogP contribution < -0.4 is 10.2 Å². The molecule has 0 radical (unpaired) electrons. The monoisotopic (exact) mass is 291 g/mol. The van der Waals surface area contributed by atoms with Crippen molar-refractivity contribution in [2.45, 2.75) is 25.9 Å². The molecule has 3 rings (SSSR count). The molecule has 110 valence electrons. The molecule has 2 amide bonds. The van der Waals surface area contributed by atoms with Crippen molar-refractivity contribution < 1.29 is 4.79 Å². The summed E-state index contributed by atoms with van der Waals surface area (Å²) in [5.41, 5.74) is 3.67. The third kappa shape index (κ3) is 2.66. The first-order chi connectivity index (χ1) is 10.7. The van der Waals surface area contributed by atoms with Crippen molar-refractivity contribution in [1.29, 1.82) is 5.26 Å². The van der Waals surface area contributed by atoms with Gasteiger partial charge in [0.2, 0.25) is 0 Å². The molecule has 4 nitrogen and oxygen atoms in total. The van der Waals surface area contributed by atoms with Gasteiger partial charge in [-0.05, 0) is 42.7 Å². The smallest absolute Gasteiger partial charge is 0.322 e. The largest absolute Gasteiger partial charge is 0.334 e. The summed E-state index contributed by atoms with van der Waals surface area (Å²) < 4.78 is 0. The molecule has 0 fully saturated rings. The Kier molecular flexibility index (Phi) is 3.80. The molecule has 2 aromatic carbocycles. The van der Waals surface area contributed by atoms with E-state index in [1.54, 1.807) is 11.0 Å². The van der Waals surface area contributed by atoms with Crippen LogP contribution >= 0.6 is 0 Å². The number of benzene rings is 2. The summed E-state index contributed by atoms with van der Waals surface area (Å²) in [6.45, 7) is 2.53. The molecule has 0 bridgehead atoms. The van der Waals surface area contributed by atoms with Gasteiger partial charge in [0, 0.05) is 18.3 Å². The van der Waals surface area contributed by atoms with E-state index in [2.05, 4.69) is 11.4 Å². The molecule has 4 heteroatoms. The van der Waals surface area contributed by atoms with Crippen molar-refractivity contribution in [3.05, 3.63) is 65.2 Å². The number of nitriles is 1. The van der Waals surface area contributed by atoms with Gasteiger partial charge in [-0.15, -0.1) is 0 Å². The SMILES string of the molecule is CC1Cc2cc(C#N)ccc2N1C(=O)NCc1ccccc1. The molecule has 1 aliphatic heterocycles. The fraction of sp³-hybridized carbons (Fsp3) is 0.222. The molecule has 0 saturated heterocycles. The molecular weight excluding hydrogens is 274 g/mol. The third-order valence-electron chi connectivity index (χ3n) is 3.93. The van der Waals surface area contributed by atoms with Crippen molar-refractivity contribution >= 4 is 11.7 Å². The minimum absolute atomic E-state index is 0.0970. The molecule has 0 aliphatic carbocycles. The van der Waals surface area contributed by atoms with Crippen LogP contribution in [0.15, 0.2) is 48.5 Å². The molecule has 2 aromatic rings. The molecule has 1 N–H and O–H groups in total. The van der Waals surface area contributed by atoms with Gasteiger partial charge < -0.3 is 5.32 Å². The minimum Gasteiger partial charge on any atom is -0.334 e. The molecule has 0 saturated carbocycles. The Bertz CT molecular complexity index is 734. The van der Waals surface area contributed by atoms with Gasteiger partial charge in [-0.3, -0.25) is 4.90 Å². The number of nitrogens with zero attached hydrogens (tertiary/aromatic N) is 2. The summed E-state index contributed by atoms with van der Waals surface area (Å²) in [7, 11) is 0. The topological polar surface area (TPSA) is 56.1 Å². The highest BCUT2D eigenvalue weighted by Crippen LogP contribution is 2.32. The molecule has 1 unspecified atom stereocenters. The lowest BCUT2D eigenvalue weighted by atomic mass is 10.1. The lowest BCUT2D eigenvalue weighted by Crippen LogP contribution is -2.42. The second-order valence-electron chi connectivity index (χ2n) is 5.52. The highest BCUT2D eigenvalue weighted by Gasteiger charge is 2.30. The zero-order chi connectivity index (χ0) is 15.5. The van der Waals surface area contributed by atoms with Crippen LogP contribution in [0.4, 0.5) is 10.5 Å². The van der Waals surface area contributed by atoms with Crippen LogP contribution in [-0.2, 0) is 13.0 Å². The maximum atomic E-state index is 12.5. The number of rotatable bonds is 2. The van der Waals surface area contributed by atoms with Gasteiger partial charge >= 0.3 is 6.03 Å². The molecule has 22 heavy (non-hydrogen) atoms. The predicted molar refractivity (Wildman–Crippen MR) is 85.5 cm³/mol. The van der Waals surface area contributed by atoms with Crippen molar-refractivity contribution in [1.82, 2.24) is 5.32 Å². The highest BCUT2D eigenvalue weighted by molar-refractivity contribution is 5.95. The number of amides is 2. The zero-order valence-corrected chi connectivity index (χ0v) is 12.4. The van der Waals surface area contributed by atoms with E-state index in [4.69, 9.17) is 5.26 Å². The Morgan fingerprint density at radius 3 is 2.82 bits per heavy atom. The summed E-state index contributed by atoms with van der Waals surface area (Å²) in [5, 5.41) is 11.9. The second kappa shape index (κ2) is 5.90. The van der Waals surface area contributed by atoms with Crippen LogP contribution in [0.5, 0.6) is 0 Å². The summed E-state index contributed by atoms with van der Waals surface area (Å²) in [6, 6.07) is 17.5. The minimum atomic E-state index is -0.0974. The number of hydrogen-bond acceptors (Lipinski definition) is 2. The molecule has 1 aliphatic rings. The van der Waals surface area contributed by atoms with E-state index < -0.39 is 0 Å². The fourth-order valence-electron chi connectivity index (χ4n) is 2.87. The van der Waals surface area contributed by atoms with E-state index in [0.29, 0.717) is 12.1 Å². The first-order valence-corrected chi connectivity index (χ1v) is 7.33. The van der Waals surface area contributed by atoms with E-state index >= 15 is 0 Å². The van der Waals surface area contributed by atoms with Gasteiger partial charge in [-0.2, -0.15) is 5.26 Å². The summed E-state index contributed by atoms with van der Waals surface area (Å²) in [5.74, 6) is 0. The van der Waals surface area contributed by atoms with Gasteiger partial charge in [-0.25, -0.2) is 4.79 Å². The molecule has 1 atom stereocenters. The Labute approximate surface area is 130 Å². The first-order valence-electron chi connectivity index (χ1n) is 7.33. The number of hydrogen-bond donors (Lipinski definition) is 1. The summed E-state index contributed by atoms with van der Waals surface area (Å²) in [4.78, 5) is 14.3. The van der Waals surface area contributed by atoms with E-state index in [0.717, 1.165) is 23.2 Å². The molecule has 1 heterocycles. The highest BCUT2D eigenvalue weighted by atomic mass is 16.2. The van der Waals surface area contributed by atoms with E-state index in [9.17, 15) is 4.79 Å². The van der Waals surface area contributed by atoms with E-state index in [1.807, 2.05) is 49.4 Å². The van der Waals surface area contributed by atoms with Crippen LogP contribution in [0.1, 0.15) is 23.6 Å². The quantitative estimate of drug-likeness (QED) is 0.923. The number of carbonyl (C=O) groups is 1. The number of urea groups is 1. The zero-order valence-electron chi connectivity index (χ0n) is 12.4. The van der Waals surface area contributed by atoms with Crippen molar-refractivity contribution in [2.24, 2.45) is 0 Å². The van der Waals surface area contributed by atoms with Gasteiger partial charge in [0.05, 0.1) is 11.6 Å². The van der Waals surface area contributed by atoms with E-state index in [-0.39, 0.29) is 12.1 Å². The van der Waals surface area contributed by atoms with Gasteiger partial charge in [0.1, 0.15) is 0 Å². The average molecular weight is 291 g/mol. The number of fused-ring (bicyclic) bond motifs is 1. The second-order valence-corrected chi connectivity index (χ2v) is 5.52. The molecule has 0 aromatic heterocycles. The van der Waals surface area contributed by atoms with Crippen LogP contribution in [0.25, 0.3) is 0 Å². The van der Waals surface area contributed by atoms with Crippen LogP contribution in [0.3, 0.4) is 0 Å². The number of carbonyl (C=O) groups excluding carboxylic acids is 1. The van der Waals surface area contributed by atoms with Crippen molar-refractivity contribution in [2.75, 3.05) is 4.90 Å². The lowest BCUT2D eigenvalue weighted by molar-refractivity contribution is 0.244. The van der Waals surface area contributed by atoms with Crippen LogP contribution in [0, 0.1) is 11.3 Å². The van der Waals surface area contributed by atoms with Crippen molar-refractivity contribution in [3.63, 3.8) is 0 Å². The average Bonchev–Trinajstić information content (AvgIpc) is 2.88. The van der Waals surface area contributed by atoms with Gasteiger partial charge in [-0.1, -0.05) is 30.3 Å². The van der Waals surface area contributed by atoms with Crippen molar-refractivity contribution in [3.8, 4) is 6.07 Å². The normalized spacial score (nSPS) is 16.0. The maximum Gasteiger partial charge on any atom is 0.322 e. The number of anilines is 1. The molecular formula is C18H17N3O. The Balaban J connectivity index is 1.75. The standard InChI is InChI=1S/C18H17N3O/c1-13-9-16-10-15(11-19)7-8-17(16)21(13)18(22)20-12-14-5-3-2-4-6-14/h2-8,10,13H,9,12H2,1H3,(H,20,22). The summed E-state index contributed by atoms with van der Waals surface area (Å²) in [6.07, 6.45) is 0.781. The predicted octanol–water partition coefficient (Wildman–Crippen LogP) is 3.22. The third-order valence-corrected chi connectivity index (χ3v) is 3.93. The maximum absolute atomic E-state index is 12.5. The first kappa shape index (κ1) is 14.2. The van der Waals surface area contributed by atoms with Crippen LogP contribution in [0.2, 0.25) is 0 Å². The fourth-order valence-corrected chi connectivity index (χ4v) is 2.87.